The molecule has 0 spiro atoms. The molecule has 7 heteroatoms. The number of carboxylic acid groups (broad SMARTS) is 1. The molecule has 3 rings (SSSR count). The highest BCUT2D eigenvalue weighted by Gasteiger charge is 2.30. The third kappa shape index (κ3) is 1.70. The maximum absolute atomic E-state index is 12.0. The summed E-state index contributed by atoms with van der Waals surface area (Å²) in [6, 6.07) is 4.39. The van der Waals surface area contributed by atoms with E-state index in [0.29, 0.717) is 16.7 Å². The van der Waals surface area contributed by atoms with Crippen molar-refractivity contribution >= 4 is 28.6 Å². The van der Waals surface area contributed by atoms with E-state index in [-0.39, 0.29) is 18.7 Å². The lowest BCUT2D eigenvalue weighted by atomic mass is 10.1. The van der Waals surface area contributed by atoms with Crippen LogP contribution in [-0.2, 0) is 9.59 Å². The van der Waals surface area contributed by atoms with E-state index < -0.39 is 17.7 Å². The largest absolute Gasteiger partial charge is 0.481 e. The number of carboxylic acids is 1. The summed E-state index contributed by atoms with van der Waals surface area (Å²) >= 11 is 0. The quantitative estimate of drug-likeness (QED) is 0.755. The maximum Gasteiger partial charge on any atom is 0.327 e. The molecule has 0 saturated heterocycles. The van der Waals surface area contributed by atoms with Crippen LogP contribution in [0.2, 0.25) is 0 Å². The van der Waals surface area contributed by atoms with Gasteiger partial charge in [0.2, 0.25) is 5.91 Å². The predicted molar refractivity (Wildman–Crippen MR) is 67.1 cm³/mol. The summed E-state index contributed by atoms with van der Waals surface area (Å²) < 4.78 is 1.34. The van der Waals surface area contributed by atoms with Crippen molar-refractivity contribution in [2.24, 2.45) is 0 Å². The molecule has 0 saturated carbocycles. The molecule has 1 aromatic carbocycles. The molecule has 98 valence electrons. The Morgan fingerprint density at radius 3 is 2.89 bits per heavy atom. The van der Waals surface area contributed by atoms with Gasteiger partial charge >= 0.3 is 11.7 Å². The van der Waals surface area contributed by atoms with Gasteiger partial charge in [-0.3, -0.25) is 14.2 Å². The summed E-state index contributed by atoms with van der Waals surface area (Å²) in [5, 5.41) is 11.4. The van der Waals surface area contributed by atoms with Gasteiger partial charge in [-0.2, -0.15) is 0 Å². The number of nitrogens with one attached hydrogen (secondary N) is 2. The molecule has 0 radical (unpaired) electrons. The van der Waals surface area contributed by atoms with Crippen molar-refractivity contribution in [2.75, 3.05) is 5.32 Å². The molecule has 1 unspecified atom stereocenters. The molecule has 0 bridgehead atoms. The number of nitrogens with zero attached hydrogens (tertiary/aromatic N) is 1. The number of aromatic amines is 1. The minimum Gasteiger partial charge on any atom is -0.481 e. The fraction of sp³-hybridized carbons (Fsp3) is 0.250. The minimum atomic E-state index is -0.994. The highest BCUT2D eigenvalue weighted by atomic mass is 16.4. The average Bonchev–Trinajstić information content (AvgIpc) is 2.67. The van der Waals surface area contributed by atoms with E-state index in [1.54, 1.807) is 18.2 Å². The van der Waals surface area contributed by atoms with Crippen molar-refractivity contribution < 1.29 is 14.7 Å². The van der Waals surface area contributed by atoms with Crippen LogP contribution in [0.4, 0.5) is 5.69 Å². The van der Waals surface area contributed by atoms with Crippen LogP contribution in [0.25, 0.3) is 11.0 Å². The first-order chi connectivity index (χ1) is 9.08. The number of carbonyl (C=O) groups is 2. The van der Waals surface area contributed by atoms with Crippen LogP contribution >= 0.6 is 0 Å². The van der Waals surface area contributed by atoms with E-state index in [2.05, 4.69) is 10.3 Å². The molecule has 0 aliphatic carbocycles. The van der Waals surface area contributed by atoms with Crippen LogP contribution in [-0.4, -0.2) is 26.5 Å². The van der Waals surface area contributed by atoms with Gasteiger partial charge in [-0.05, 0) is 18.6 Å². The van der Waals surface area contributed by atoms with Crippen LogP contribution in [0.5, 0.6) is 0 Å². The molecule has 2 heterocycles. The zero-order chi connectivity index (χ0) is 13.6. The summed E-state index contributed by atoms with van der Waals surface area (Å²) in [6.07, 6.45) is -0.0816. The Morgan fingerprint density at radius 2 is 2.16 bits per heavy atom. The molecule has 3 N–H and O–H groups in total. The van der Waals surface area contributed by atoms with E-state index in [0.717, 1.165) is 0 Å². The second kappa shape index (κ2) is 3.98. The Balaban J connectivity index is 2.16. The fourth-order valence-corrected chi connectivity index (χ4v) is 2.43. The summed E-state index contributed by atoms with van der Waals surface area (Å²) in [7, 11) is 0. The lowest BCUT2D eigenvalue weighted by Crippen LogP contribution is -2.35. The van der Waals surface area contributed by atoms with Crippen molar-refractivity contribution in [3.8, 4) is 0 Å². The van der Waals surface area contributed by atoms with Gasteiger partial charge in [-0.15, -0.1) is 0 Å². The van der Waals surface area contributed by atoms with E-state index in [4.69, 9.17) is 5.11 Å². The van der Waals surface area contributed by atoms with Crippen LogP contribution in [0.3, 0.4) is 0 Å². The van der Waals surface area contributed by atoms with E-state index in [1.165, 1.54) is 4.57 Å². The summed E-state index contributed by atoms with van der Waals surface area (Å²) in [4.78, 5) is 37.2. The van der Waals surface area contributed by atoms with Gasteiger partial charge in [0.25, 0.3) is 0 Å². The third-order valence-electron chi connectivity index (χ3n) is 3.24. The average molecular weight is 261 g/mol. The van der Waals surface area contributed by atoms with Crippen molar-refractivity contribution in [3.63, 3.8) is 0 Å². The third-order valence-corrected chi connectivity index (χ3v) is 3.24. The van der Waals surface area contributed by atoms with Crippen LogP contribution < -0.4 is 11.0 Å². The Morgan fingerprint density at radius 1 is 1.37 bits per heavy atom. The topological polar surface area (TPSA) is 104 Å². The van der Waals surface area contributed by atoms with Crippen molar-refractivity contribution in [1.82, 2.24) is 9.55 Å². The van der Waals surface area contributed by atoms with Gasteiger partial charge in [0.15, 0.2) is 0 Å². The number of imidazole rings is 1. The molecule has 1 aromatic heterocycles. The van der Waals surface area contributed by atoms with Crippen molar-refractivity contribution in [2.45, 2.75) is 18.9 Å². The normalized spacial score (nSPS) is 17.5. The Labute approximate surface area is 106 Å². The standard InChI is InChI=1S/C12H11N3O4/c16-9(17)5-4-8-11(18)13-6-2-1-3-7-10(6)15(8)12(19)14-7/h1-3,8H,4-5H2,(H,13,18)(H,14,19)(H,16,17). The first kappa shape index (κ1) is 11.5. The number of aromatic nitrogens is 2. The predicted octanol–water partition coefficient (Wildman–Crippen LogP) is 0.688. The number of hydrogen-bond acceptors (Lipinski definition) is 3. The number of carbonyl (C=O) groups excluding carboxylic acids is 1. The number of para-hydroxylation sites is 1. The molecule has 1 atom stereocenters. The summed E-state index contributed by atoms with van der Waals surface area (Å²) in [5.41, 5.74) is 1.41. The molecule has 19 heavy (non-hydrogen) atoms. The van der Waals surface area contributed by atoms with Gasteiger partial charge in [-0.1, -0.05) is 6.07 Å². The molecule has 1 aliphatic rings. The van der Waals surface area contributed by atoms with Crippen LogP contribution in [0.15, 0.2) is 23.0 Å². The van der Waals surface area contributed by atoms with E-state index >= 15 is 0 Å². The Kier molecular flexibility index (Phi) is 2.41. The smallest absolute Gasteiger partial charge is 0.327 e. The van der Waals surface area contributed by atoms with Gasteiger partial charge in [0.05, 0.1) is 16.7 Å². The molecular formula is C12H11N3O4. The number of aliphatic carboxylic acids is 1. The van der Waals surface area contributed by atoms with Gasteiger partial charge in [-0.25, -0.2) is 4.79 Å². The number of anilines is 1. The first-order valence-electron chi connectivity index (χ1n) is 5.84. The molecule has 0 fully saturated rings. The molecule has 2 aromatic rings. The number of amides is 1. The van der Waals surface area contributed by atoms with Crippen molar-refractivity contribution in [3.05, 3.63) is 28.7 Å². The van der Waals surface area contributed by atoms with Gasteiger partial charge in [0.1, 0.15) is 6.04 Å². The molecule has 1 amide bonds. The van der Waals surface area contributed by atoms with Crippen LogP contribution in [0, 0.1) is 0 Å². The number of hydrogen-bond donors (Lipinski definition) is 3. The van der Waals surface area contributed by atoms with Gasteiger partial charge < -0.3 is 15.4 Å². The second-order valence-corrected chi connectivity index (χ2v) is 4.44. The van der Waals surface area contributed by atoms with E-state index in [9.17, 15) is 14.4 Å². The SMILES string of the molecule is O=C(O)CCC1C(=O)Nc2cccc3[nH]c(=O)n1c23. The highest BCUT2D eigenvalue weighted by Crippen LogP contribution is 2.30. The van der Waals surface area contributed by atoms with E-state index in [1.807, 2.05) is 0 Å². The number of rotatable bonds is 3. The first-order valence-corrected chi connectivity index (χ1v) is 5.84. The van der Waals surface area contributed by atoms with Crippen LogP contribution in [0.1, 0.15) is 18.9 Å². The number of H-pyrrole nitrogens is 1. The lowest BCUT2D eigenvalue weighted by Gasteiger charge is -2.23. The Bertz CT molecular complexity index is 743. The minimum absolute atomic E-state index is 0.0857. The molecular weight excluding hydrogens is 250 g/mol. The lowest BCUT2D eigenvalue weighted by molar-refractivity contribution is -0.137. The second-order valence-electron chi connectivity index (χ2n) is 4.44. The monoisotopic (exact) mass is 261 g/mol. The molecule has 7 nitrogen and oxygen atoms in total. The van der Waals surface area contributed by atoms with Gasteiger partial charge in [0, 0.05) is 6.42 Å². The number of benzene rings is 1. The van der Waals surface area contributed by atoms with Crippen molar-refractivity contribution in [1.29, 1.82) is 0 Å². The molecule has 1 aliphatic heterocycles. The maximum atomic E-state index is 12.0. The Hall–Kier alpha value is -2.57. The highest BCUT2D eigenvalue weighted by molar-refractivity contribution is 6.05. The fourth-order valence-electron chi connectivity index (χ4n) is 2.43. The zero-order valence-electron chi connectivity index (χ0n) is 9.84. The zero-order valence-corrected chi connectivity index (χ0v) is 9.84. The summed E-state index contributed by atoms with van der Waals surface area (Å²) in [6.45, 7) is 0. The summed E-state index contributed by atoms with van der Waals surface area (Å²) in [5.74, 6) is -1.35.